The van der Waals surface area contributed by atoms with E-state index in [-0.39, 0.29) is 18.7 Å². The third-order valence-electron chi connectivity index (χ3n) is 4.39. The van der Waals surface area contributed by atoms with E-state index in [9.17, 15) is 14.0 Å². The molecular formula is C20H26FN3O3. The van der Waals surface area contributed by atoms with Crippen LogP contribution in [0, 0.1) is 25.6 Å². The van der Waals surface area contributed by atoms with Gasteiger partial charge in [0, 0.05) is 17.8 Å². The van der Waals surface area contributed by atoms with Gasteiger partial charge in [0.1, 0.15) is 5.82 Å². The Morgan fingerprint density at radius 1 is 1.22 bits per heavy atom. The van der Waals surface area contributed by atoms with Crippen molar-refractivity contribution in [1.82, 2.24) is 15.1 Å². The SMILES string of the molecule is Cc1nn(CC(C)C)c(C)c1CC(=O)NC(CC(=O)O)c1ccc(F)cc1. The molecule has 1 unspecified atom stereocenters. The average molecular weight is 375 g/mol. The summed E-state index contributed by atoms with van der Waals surface area (Å²) in [6, 6.07) is 4.75. The van der Waals surface area contributed by atoms with Gasteiger partial charge >= 0.3 is 5.97 Å². The summed E-state index contributed by atoms with van der Waals surface area (Å²) in [5.74, 6) is -1.31. The molecule has 7 heteroatoms. The van der Waals surface area contributed by atoms with Gasteiger partial charge < -0.3 is 10.4 Å². The number of carboxylic acid groups (broad SMARTS) is 1. The number of hydrogen-bond donors (Lipinski definition) is 2. The van der Waals surface area contributed by atoms with Crippen molar-refractivity contribution in [2.45, 2.75) is 53.1 Å². The zero-order valence-corrected chi connectivity index (χ0v) is 16.1. The minimum absolute atomic E-state index is 0.118. The lowest BCUT2D eigenvalue weighted by Gasteiger charge is -2.17. The van der Waals surface area contributed by atoms with E-state index < -0.39 is 17.8 Å². The quantitative estimate of drug-likeness (QED) is 0.742. The Morgan fingerprint density at radius 2 is 1.85 bits per heavy atom. The standard InChI is InChI=1S/C20H26FN3O3/c1-12(2)11-24-14(4)17(13(3)23-24)9-19(25)22-18(10-20(26)27)15-5-7-16(21)8-6-15/h5-8,12,18H,9-11H2,1-4H3,(H,22,25)(H,26,27). The number of aryl methyl sites for hydroxylation is 1. The van der Waals surface area contributed by atoms with E-state index in [2.05, 4.69) is 24.3 Å². The van der Waals surface area contributed by atoms with Crippen molar-refractivity contribution in [3.63, 3.8) is 0 Å². The van der Waals surface area contributed by atoms with Crippen LogP contribution in [0.3, 0.4) is 0 Å². The number of nitrogens with zero attached hydrogens (tertiary/aromatic N) is 2. The van der Waals surface area contributed by atoms with Crippen molar-refractivity contribution in [3.05, 3.63) is 52.6 Å². The lowest BCUT2D eigenvalue weighted by molar-refractivity contribution is -0.137. The van der Waals surface area contributed by atoms with Crippen LogP contribution in [0.4, 0.5) is 4.39 Å². The fourth-order valence-corrected chi connectivity index (χ4v) is 3.04. The van der Waals surface area contributed by atoms with Crippen LogP contribution in [0.1, 0.15) is 48.8 Å². The number of rotatable bonds is 8. The largest absolute Gasteiger partial charge is 0.481 e. The first-order valence-electron chi connectivity index (χ1n) is 8.96. The van der Waals surface area contributed by atoms with Gasteiger partial charge in [0.05, 0.1) is 24.6 Å². The number of carboxylic acids is 1. The van der Waals surface area contributed by atoms with Crippen molar-refractivity contribution in [3.8, 4) is 0 Å². The normalized spacial score (nSPS) is 12.2. The molecule has 27 heavy (non-hydrogen) atoms. The number of aliphatic carboxylic acids is 1. The molecule has 6 nitrogen and oxygen atoms in total. The first-order valence-corrected chi connectivity index (χ1v) is 8.96. The third kappa shape index (κ3) is 5.64. The Morgan fingerprint density at radius 3 is 2.41 bits per heavy atom. The molecule has 0 saturated carbocycles. The topological polar surface area (TPSA) is 84.2 Å². The van der Waals surface area contributed by atoms with Crippen molar-refractivity contribution in [2.24, 2.45) is 5.92 Å². The summed E-state index contributed by atoms with van der Waals surface area (Å²) in [6.45, 7) is 8.76. The summed E-state index contributed by atoms with van der Waals surface area (Å²) in [6.07, 6.45) is -0.158. The second-order valence-electron chi connectivity index (χ2n) is 7.17. The van der Waals surface area contributed by atoms with Gasteiger partial charge in [0.15, 0.2) is 0 Å². The lowest BCUT2D eigenvalue weighted by Crippen LogP contribution is -2.31. The Labute approximate surface area is 158 Å². The minimum atomic E-state index is -1.04. The van der Waals surface area contributed by atoms with E-state index in [1.807, 2.05) is 18.5 Å². The first kappa shape index (κ1) is 20.6. The Bertz CT molecular complexity index is 813. The molecular weight excluding hydrogens is 349 g/mol. The molecule has 2 N–H and O–H groups in total. The fourth-order valence-electron chi connectivity index (χ4n) is 3.04. The second kappa shape index (κ2) is 8.79. The van der Waals surface area contributed by atoms with E-state index in [1.54, 1.807) is 0 Å². The highest BCUT2D eigenvalue weighted by molar-refractivity contribution is 5.80. The van der Waals surface area contributed by atoms with Crippen molar-refractivity contribution in [2.75, 3.05) is 0 Å². The number of carbonyl (C=O) groups excluding carboxylic acids is 1. The summed E-state index contributed by atoms with van der Waals surface area (Å²) in [7, 11) is 0. The summed E-state index contributed by atoms with van der Waals surface area (Å²) in [5, 5.41) is 16.4. The Balaban J connectivity index is 2.15. The van der Waals surface area contributed by atoms with Gasteiger partial charge in [-0.15, -0.1) is 0 Å². The number of nitrogens with one attached hydrogen (secondary N) is 1. The van der Waals surface area contributed by atoms with Crippen LogP contribution in [-0.2, 0) is 22.6 Å². The maximum atomic E-state index is 13.1. The molecule has 0 bridgehead atoms. The molecule has 0 fully saturated rings. The fraction of sp³-hybridized carbons (Fsp3) is 0.450. The highest BCUT2D eigenvalue weighted by atomic mass is 19.1. The molecule has 0 saturated heterocycles. The van der Waals surface area contributed by atoms with E-state index >= 15 is 0 Å². The maximum Gasteiger partial charge on any atom is 0.305 e. The van der Waals surface area contributed by atoms with Crippen LogP contribution in [0.2, 0.25) is 0 Å². The number of benzene rings is 1. The Hall–Kier alpha value is -2.70. The predicted molar refractivity (Wildman–Crippen MR) is 99.8 cm³/mol. The van der Waals surface area contributed by atoms with E-state index in [0.717, 1.165) is 23.5 Å². The monoisotopic (exact) mass is 375 g/mol. The van der Waals surface area contributed by atoms with Gasteiger partial charge in [0.2, 0.25) is 5.91 Å². The van der Waals surface area contributed by atoms with Gasteiger partial charge in [-0.05, 0) is 37.5 Å². The van der Waals surface area contributed by atoms with E-state index in [0.29, 0.717) is 11.5 Å². The Kier molecular flexibility index (Phi) is 6.71. The number of carbonyl (C=O) groups is 2. The summed E-state index contributed by atoms with van der Waals surface area (Å²) < 4.78 is 15.0. The molecule has 0 spiro atoms. The van der Waals surface area contributed by atoms with E-state index in [4.69, 9.17) is 5.11 Å². The number of halogens is 1. The number of aromatic nitrogens is 2. The smallest absolute Gasteiger partial charge is 0.305 e. The van der Waals surface area contributed by atoms with Crippen LogP contribution in [0.15, 0.2) is 24.3 Å². The zero-order valence-electron chi connectivity index (χ0n) is 16.1. The molecule has 1 amide bonds. The van der Waals surface area contributed by atoms with Crippen LogP contribution in [0.5, 0.6) is 0 Å². The third-order valence-corrected chi connectivity index (χ3v) is 4.39. The first-order chi connectivity index (χ1) is 12.7. The molecule has 2 aromatic rings. The molecule has 2 rings (SSSR count). The van der Waals surface area contributed by atoms with Crippen molar-refractivity contribution in [1.29, 1.82) is 0 Å². The molecule has 1 heterocycles. The van der Waals surface area contributed by atoms with Crippen LogP contribution >= 0.6 is 0 Å². The second-order valence-corrected chi connectivity index (χ2v) is 7.17. The van der Waals surface area contributed by atoms with Gasteiger partial charge in [-0.25, -0.2) is 4.39 Å². The highest BCUT2D eigenvalue weighted by Crippen LogP contribution is 2.19. The van der Waals surface area contributed by atoms with Gasteiger partial charge in [-0.1, -0.05) is 26.0 Å². The maximum absolute atomic E-state index is 13.1. The van der Waals surface area contributed by atoms with Gasteiger partial charge in [-0.2, -0.15) is 5.10 Å². The van der Waals surface area contributed by atoms with E-state index in [1.165, 1.54) is 24.3 Å². The molecule has 0 radical (unpaired) electrons. The van der Waals surface area contributed by atoms with Crippen LogP contribution in [0.25, 0.3) is 0 Å². The summed E-state index contributed by atoms with van der Waals surface area (Å²) >= 11 is 0. The number of amides is 1. The molecule has 0 aliphatic rings. The molecule has 1 atom stereocenters. The zero-order chi connectivity index (χ0) is 20.1. The molecule has 1 aromatic carbocycles. The van der Waals surface area contributed by atoms with Crippen molar-refractivity contribution < 1.29 is 19.1 Å². The summed E-state index contributed by atoms with van der Waals surface area (Å²) in [4.78, 5) is 23.7. The van der Waals surface area contributed by atoms with Gasteiger partial charge in [-0.3, -0.25) is 14.3 Å². The lowest BCUT2D eigenvalue weighted by atomic mass is 10.0. The van der Waals surface area contributed by atoms with Gasteiger partial charge in [0.25, 0.3) is 0 Å². The number of hydrogen-bond acceptors (Lipinski definition) is 3. The average Bonchev–Trinajstić information content (AvgIpc) is 2.81. The molecule has 146 valence electrons. The summed E-state index contributed by atoms with van der Waals surface area (Å²) in [5.41, 5.74) is 3.13. The molecule has 1 aromatic heterocycles. The predicted octanol–water partition coefficient (Wildman–Crippen LogP) is 3.17. The highest BCUT2D eigenvalue weighted by Gasteiger charge is 2.21. The van der Waals surface area contributed by atoms with Crippen molar-refractivity contribution >= 4 is 11.9 Å². The van der Waals surface area contributed by atoms with Crippen LogP contribution in [-0.4, -0.2) is 26.8 Å². The van der Waals surface area contributed by atoms with Crippen LogP contribution < -0.4 is 5.32 Å². The molecule has 0 aliphatic heterocycles. The minimum Gasteiger partial charge on any atom is -0.481 e. The molecule has 0 aliphatic carbocycles.